The summed E-state index contributed by atoms with van der Waals surface area (Å²) in [6, 6.07) is 5.86. The number of carbonyl (C=O) groups is 2. The number of benzene rings is 1. The third kappa shape index (κ3) is 2.98. The van der Waals surface area contributed by atoms with Gasteiger partial charge in [-0.05, 0) is 55.9 Å². The van der Waals surface area contributed by atoms with Crippen molar-refractivity contribution in [2.45, 2.75) is 19.8 Å². The van der Waals surface area contributed by atoms with Crippen LogP contribution in [0.1, 0.15) is 28.9 Å². The quantitative estimate of drug-likeness (QED) is 0.912. The Labute approximate surface area is 150 Å². The summed E-state index contributed by atoms with van der Waals surface area (Å²) in [5.74, 6) is -1.44. The average molecular weight is 357 g/mol. The Bertz CT molecular complexity index is 857. The maximum Gasteiger partial charge on any atom is 0.308 e. The van der Waals surface area contributed by atoms with Crippen LogP contribution in [-0.4, -0.2) is 44.8 Å². The van der Waals surface area contributed by atoms with Crippen molar-refractivity contribution < 1.29 is 19.1 Å². The first-order valence-corrected chi connectivity index (χ1v) is 8.78. The monoisotopic (exact) mass is 357 g/mol. The number of aliphatic carboxylic acids is 1. The van der Waals surface area contributed by atoms with Gasteiger partial charge in [-0.2, -0.15) is 5.10 Å². The first-order chi connectivity index (χ1) is 12.4. The minimum Gasteiger partial charge on any atom is -0.481 e. The topological polar surface area (TPSA) is 75.4 Å². The van der Waals surface area contributed by atoms with Gasteiger partial charge in [-0.3, -0.25) is 9.59 Å². The number of aromatic nitrogens is 2. The molecule has 26 heavy (non-hydrogen) atoms. The Hall–Kier alpha value is -2.70. The summed E-state index contributed by atoms with van der Waals surface area (Å²) >= 11 is 0. The van der Waals surface area contributed by atoms with Crippen LogP contribution in [0.25, 0.3) is 5.69 Å². The van der Waals surface area contributed by atoms with Gasteiger partial charge in [0.15, 0.2) is 5.69 Å². The molecule has 1 saturated heterocycles. The highest BCUT2D eigenvalue weighted by Gasteiger charge is 2.47. The van der Waals surface area contributed by atoms with E-state index in [4.69, 9.17) is 0 Å². The fraction of sp³-hybridized carbons (Fsp3) is 0.421. The van der Waals surface area contributed by atoms with Crippen LogP contribution in [0, 0.1) is 30.5 Å². The minimum absolute atomic E-state index is 0.0379. The van der Waals surface area contributed by atoms with Gasteiger partial charge in [-0.25, -0.2) is 9.07 Å². The first kappa shape index (κ1) is 16.8. The van der Waals surface area contributed by atoms with Crippen molar-refractivity contribution in [2.24, 2.45) is 17.8 Å². The predicted octanol–water partition coefficient (Wildman–Crippen LogP) is 2.50. The molecule has 0 bridgehead atoms. The molecule has 6 nitrogen and oxygen atoms in total. The Morgan fingerprint density at radius 2 is 1.88 bits per heavy atom. The molecule has 4 rings (SSSR count). The van der Waals surface area contributed by atoms with Crippen LogP contribution >= 0.6 is 0 Å². The molecule has 1 N–H and O–H groups in total. The van der Waals surface area contributed by atoms with Crippen molar-refractivity contribution in [1.29, 1.82) is 0 Å². The standard InChI is InChI=1S/C19H20FN3O3/c1-11-8-23(14-6-4-13(20)5-7-14)21-17(11)18(24)22-9-15(12-2-3-12)16(10-22)19(25)26/h4-8,12,15-16H,2-3,9-10H2,1H3,(H,25,26)/t15-,16+/m1/s1. The van der Waals surface area contributed by atoms with E-state index in [1.165, 1.54) is 12.1 Å². The predicted molar refractivity (Wildman–Crippen MR) is 91.5 cm³/mol. The number of amides is 1. The molecule has 2 aliphatic rings. The number of likely N-dealkylation sites (tertiary alicyclic amines) is 1. The number of carbonyl (C=O) groups excluding carboxylic acids is 1. The van der Waals surface area contributed by atoms with E-state index in [1.807, 2.05) is 0 Å². The van der Waals surface area contributed by atoms with Crippen LogP contribution in [-0.2, 0) is 4.79 Å². The third-order valence-electron chi connectivity index (χ3n) is 5.39. The highest BCUT2D eigenvalue weighted by molar-refractivity contribution is 5.94. The van der Waals surface area contributed by atoms with Crippen molar-refractivity contribution in [1.82, 2.24) is 14.7 Å². The van der Waals surface area contributed by atoms with Gasteiger partial charge in [0.1, 0.15) is 5.82 Å². The highest BCUT2D eigenvalue weighted by Crippen LogP contribution is 2.44. The lowest BCUT2D eigenvalue weighted by molar-refractivity contribution is -0.142. The minimum atomic E-state index is -0.828. The largest absolute Gasteiger partial charge is 0.481 e. The summed E-state index contributed by atoms with van der Waals surface area (Å²) in [5.41, 5.74) is 1.69. The molecule has 2 aromatic rings. The van der Waals surface area contributed by atoms with E-state index in [1.54, 1.807) is 34.8 Å². The lowest BCUT2D eigenvalue weighted by atomic mass is 9.92. The zero-order valence-electron chi connectivity index (χ0n) is 14.4. The van der Waals surface area contributed by atoms with Gasteiger partial charge in [0.05, 0.1) is 11.6 Å². The van der Waals surface area contributed by atoms with Crippen LogP contribution in [0.15, 0.2) is 30.5 Å². The molecular weight excluding hydrogens is 337 g/mol. The third-order valence-corrected chi connectivity index (χ3v) is 5.39. The van der Waals surface area contributed by atoms with Gasteiger partial charge in [0, 0.05) is 24.8 Å². The number of carboxylic acid groups (broad SMARTS) is 1. The van der Waals surface area contributed by atoms with E-state index in [0.717, 1.165) is 12.8 Å². The second kappa shape index (κ2) is 6.23. The van der Waals surface area contributed by atoms with Gasteiger partial charge < -0.3 is 10.0 Å². The van der Waals surface area contributed by atoms with Gasteiger partial charge in [0.25, 0.3) is 5.91 Å². The molecule has 2 fully saturated rings. The van der Waals surface area contributed by atoms with Crippen molar-refractivity contribution >= 4 is 11.9 Å². The van der Waals surface area contributed by atoms with Crippen LogP contribution in [0.5, 0.6) is 0 Å². The molecule has 0 unspecified atom stereocenters. The molecule has 7 heteroatoms. The normalized spacial score (nSPS) is 22.6. The Morgan fingerprint density at radius 3 is 2.50 bits per heavy atom. The van der Waals surface area contributed by atoms with Crippen LogP contribution in [0.2, 0.25) is 0 Å². The van der Waals surface area contributed by atoms with E-state index < -0.39 is 11.9 Å². The molecule has 0 spiro atoms. The Kier molecular flexibility index (Phi) is 4.01. The smallest absolute Gasteiger partial charge is 0.308 e. The summed E-state index contributed by atoms with van der Waals surface area (Å²) in [7, 11) is 0. The maximum atomic E-state index is 13.1. The molecule has 1 saturated carbocycles. The second-order valence-corrected chi connectivity index (χ2v) is 7.24. The second-order valence-electron chi connectivity index (χ2n) is 7.24. The summed E-state index contributed by atoms with van der Waals surface area (Å²) in [5, 5.41) is 13.8. The molecule has 2 heterocycles. The Balaban J connectivity index is 1.57. The summed E-state index contributed by atoms with van der Waals surface area (Å²) in [6.45, 7) is 2.50. The van der Waals surface area contributed by atoms with Crippen molar-refractivity contribution in [2.75, 3.05) is 13.1 Å². The van der Waals surface area contributed by atoms with E-state index >= 15 is 0 Å². The Morgan fingerprint density at radius 1 is 1.19 bits per heavy atom. The molecule has 136 valence electrons. The van der Waals surface area contributed by atoms with E-state index in [9.17, 15) is 19.1 Å². The molecular formula is C19H20FN3O3. The lowest BCUT2D eigenvalue weighted by Crippen LogP contribution is -2.30. The fourth-order valence-electron chi connectivity index (χ4n) is 3.81. The maximum absolute atomic E-state index is 13.1. The van der Waals surface area contributed by atoms with Gasteiger partial charge in [0.2, 0.25) is 0 Å². The molecule has 1 amide bonds. The molecule has 2 atom stereocenters. The summed E-state index contributed by atoms with van der Waals surface area (Å²) < 4.78 is 14.6. The number of rotatable bonds is 4. The zero-order valence-corrected chi connectivity index (χ0v) is 14.4. The van der Waals surface area contributed by atoms with Crippen molar-refractivity contribution in [3.05, 3.63) is 47.5 Å². The van der Waals surface area contributed by atoms with Gasteiger partial charge in [-0.15, -0.1) is 0 Å². The number of nitrogens with zero attached hydrogens (tertiary/aromatic N) is 3. The number of halogens is 1. The zero-order chi connectivity index (χ0) is 18.4. The SMILES string of the molecule is Cc1cn(-c2ccc(F)cc2)nc1C(=O)N1C[C@H](C(=O)O)[C@@H](C2CC2)C1. The van der Waals surface area contributed by atoms with Crippen molar-refractivity contribution in [3.63, 3.8) is 0 Å². The van der Waals surface area contributed by atoms with Crippen LogP contribution in [0.3, 0.4) is 0 Å². The van der Waals surface area contributed by atoms with Crippen LogP contribution in [0.4, 0.5) is 4.39 Å². The lowest BCUT2D eigenvalue weighted by Gasteiger charge is -2.15. The van der Waals surface area contributed by atoms with Gasteiger partial charge >= 0.3 is 5.97 Å². The summed E-state index contributed by atoms with van der Waals surface area (Å²) in [6.07, 6.45) is 3.83. The number of carboxylic acids is 1. The van der Waals surface area contributed by atoms with E-state index in [0.29, 0.717) is 29.4 Å². The van der Waals surface area contributed by atoms with Gasteiger partial charge in [-0.1, -0.05) is 0 Å². The number of aryl methyl sites for hydroxylation is 1. The molecule has 0 radical (unpaired) electrons. The number of hydrogen-bond acceptors (Lipinski definition) is 3. The first-order valence-electron chi connectivity index (χ1n) is 8.78. The molecule has 1 aromatic heterocycles. The average Bonchev–Trinajstić information content (AvgIpc) is 3.23. The fourth-order valence-corrected chi connectivity index (χ4v) is 3.81. The van der Waals surface area contributed by atoms with E-state index in [2.05, 4.69) is 5.10 Å². The highest BCUT2D eigenvalue weighted by atomic mass is 19.1. The van der Waals surface area contributed by atoms with E-state index in [-0.39, 0.29) is 24.2 Å². The summed E-state index contributed by atoms with van der Waals surface area (Å²) in [4.78, 5) is 26.1. The molecule has 1 aliphatic carbocycles. The number of hydrogen-bond donors (Lipinski definition) is 1. The molecule has 1 aromatic carbocycles. The molecule has 1 aliphatic heterocycles. The van der Waals surface area contributed by atoms with Crippen LogP contribution < -0.4 is 0 Å². The van der Waals surface area contributed by atoms with Crippen molar-refractivity contribution in [3.8, 4) is 5.69 Å².